The van der Waals surface area contributed by atoms with E-state index < -0.39 is 5.82 Å². The van der Waals surface area contributed by atoms with Gasteiger partial charge in [0.15, 0.2) is 5.78 Å². The van der Waals surface area contributed by atoms with Crippen LogP contribution in [0.2, 0.25) is 5.02 Å². The Morgan fingerprint density at radius 2 is 1.94 bits per heavy atom. The molecule has 0 aliphatic heterocycles. The minimum atomic E-state index is -0.607. The molecular weight excluding hydrogens is 253 g/mol. The molecule has 0 spiro atoms. The van der Waals surface area contributed by atoms with Gasteiger partial charge in [0.25, 0.3) is 0 Å². The van der Waals surface area contributed by atoms with Gasteiger partial charge in [0.2, 0.25) is 0 Å². The Morgan fingerprint density at radius 3 is 2.56 bits per heavy atom. The lowest BCUT2D eigenvalue weighted by Crippen LogP contribution is -2.04. The fraction of sp³-hybridized carbons (Fsp3) is 0.0714. The van der Waals surface area contributed by atoms with E-state index in [9.17, 15) is 9.18 Å². The molecule has 0 saturated carbocycles. The third-order valence-corrected chi connectivity index (χ3v) is 2.94. The molecule has 2 nitrogen and oxygen atoms in total. The Bertz CT molecular complexity index is 625. The Labute approximate surface area is 109 Å². The zero-order valence-electron chi connectivity index (χ0n) is 9.71. The summed E-state index contributed by atoms with van der Waals surface area (Å²) in [5, 5.41) is 0.359. The Balaban J connectivity index is 2.44. The van der Waals surface area contributed by atoms with E-state index in [0.717, 1.165) is 11.6 Å². The van der Waals surface area contributed by atoms with Gasteiger partial charge >= 0.3 is 0 Å². The van der Waals surface area contributed by atoms with Crippen LogP contribution in [-0.4, -0.2) is 5.78 Å². The van der Waals surface area contributed by atoms with Gasteiger partial charge in [-0.1, -0.05) is 17.7 Å². The molecule has 4 heteroatoms. The van der Waals surface area contributed by atoms with Gasteiger partial charge in [0, 0.05) is 11.1 Å². The zero-order valence-corrected chi connectivity index (χ0v) is 10.5. The van der Waals surface area contributed by atoms with Crippen molar-refractivity contribution in [1.29, 1.82) is 0 Å². The summed E-state index contributed by atoms with van der Waals surface area (Å²) in [5.41, 5.74) is 6.92. The van der Waals surface area contributed by atoms with Crippen LogP contribution < -0.4 is 5.73 Å². The Kier molecular flexibility index (Phi) is 3.34. The van der Waals surface area contributed by atoms with E-state index in [-0.39, 0.29) is 17.0 Å². The van der Waals surface area contributed by atoms with E-state index in [0.29, 0.717) is 10.6 Å². The number of anilines is 1. The van der Waals surface area contributed by atoms with Gasteiger partial charge in [0.05, 0.1) is 10.7 Å². The molecule has 18 heavy (non-hydrogen) atoms. The second-order valence-corrected chi connectivity index (χ2v) is 4.46. The highest BCUT2D eigenvalue weighted by Crippen LogP contribution is 2.22. The fourth-order valence-corrected chi connectivity index (χ4v) is 1.95. The molecule has 0 saturated heterocycles. The molecule has 0 heterocycles. The maximum Gasteiger partial charge on any atom is 0.194 e. The number of ketones is 1. The van der Waals surface area contributed by atoms with Crippen molar-refractivity contribution < 1.29 is 9.18 Å². The van der Waals surface area contributed by atoms with Crippen molar-refractivity contribution in [3.8, 4) is 0 Å². The molecule has 0 bridgehead atoms. The lowest BCUT2D eigenvalue weighted by Gasteiger charge is -2.05. The third-order valence-electron chi connectivity index (χ3n) is 2.63. The maximum atomic E-state index is 13.3. The van der Waals surface area contributed by atoms with Crippen molar-refractivity contribution in [2.75, 3.05) is 5.73 Å². The number of benzene rings is 2. The molecule has 0 aliphatic rings. The molecule has 0 radical (unpaired) electrons. The van der Waals surface area contributed by atoms with Crippen molar-refractivity contribution in [2.45, 2.75) is 6.92 Å². The molecule has 2 aromatic rings. The van der Waals surface area contributed by atoms with Gasteiger partial charge in [-0.3, -0.25) is 4.79 Å². The second kappa shape index (κ2) is 4.78. The van der Waals surface area contributed by atoms with Crippen LogP contribution in [0.4, 0.5) is 10.1 Å². The van der Waals surface area contributed by atoms with Crippen LogP contribution in [0, 0.1) is 12.7 Å². The summed E-state index contributed by atoms with van der Waals surface area (Å²) in [5.74, 6) is -0.928. The maximum absolute atomic E-state index is 13.3. The summed E-state index contributed by atoms with van der Waals surface area (Å²) in [6, 6.07) is 9.08. The molecule has 0 amide bonds. The quantitative estimate of drug-likeness (QED) is 0.664. The van der Waals surface area contributed by atoms with E-state index in [1.165, 1.54) is 12.1 Å². The predicted octanol–water partition coefficient (Wildman–Crippen LogP) is 3.60. The van der Waals surface area contributed by atoms with Crippen LogP contribution in [0.5, 0.6) is 0 Å². The molecule has 0 aromatic heterocycles. The third kappa shape index (κ3) is 2.36. The lowest BCUT2D eigenvalue weighted by molar-refractivity contribution is 0.103. The first-order valence-corrected chi connectivity index (χ1v) is 5.72. The summed E-state index contributed by atoms with van der Waals surface area (Å²) in [6.07, 6.45) is 0. The number of rotatable bonds is 2. The second-order valence-electron chi connectivity index (χ2n) is 4.05. The number of carbonyl (C=O) groups is 1. The van der Waals surface area contributed by atoms with E-state index in [2.05, 4.69) is 0 Å². The largest absolute Gasteiger partial charge is 0.396 e. The van der Waals surface area contributed by atoms with E-state index in [4.69, 9.17) is 17.3 Å². The molecule has 0 fully saturated rings. The fourth-order valence-electron chi connectivity index (χ4n) is 1.63. The summed E-state index contributed by atoms with van der Waals surface area (Å²) in [6.45, 7) is 1.88. The highest BCUT2D eigenvalue weighted by Gasteiger charge is 2.14. The number of hydrogen-bond donors (Lipinski definition) is 1. The minimum Gasteiger partial charge on any atom is -0.396 e. The van der Waals surface area contributed by atoms with Crippen LogP contribution >= 0.6 is 11.6 Å². The van der Waals surface area contributed by atoms with E-state index in [1.807, 2.05) is 6.92 Å². The molecule has 0 aliphatic carbocycles. The topological polar surface area (TPSA) is 43.1 Å². The first-order chi connectivity index (χ1) is 8.49. The standard InChI is InChI=1S/C14H11ClFNO/c1-8-2-4-10(11(15)6-8)14(18)9-3-5-13(17)12(16)7-9/h2-7H,17H2,1H3. The average Bonchev–Trinajstić information content (AvgIpc) is 2.32. The summed E-state index contributed by atoms with van der Waals surface area (Å²) in [7, 11) is 0. The SMILES string of the molecule is Cc1ccc(C(=O)c2ccc(N)c(F)c2)c(Cl)c1. The van der Waals surface area contributed by atoms with Gasteiger partial charge in [-0.05, 0) is 42.8 Å². The Hall–Kier alpha value is -1.87. The normalized spacial score (nSPS) is 10.4. The van der Waals surface area contributed by atoms with Gasteiger partial charge in [-0.15, -0.1) is 0 Å². The first-order valence-electron chi connectivity index (χ1n) is 5.35. The molecule has 0 unspecified atom stereocenters. The molecule has 2 N–H and O–H groups in total. The van der Waals surface area contributed by atoms with Crippen LogP contribution in [-0.2, 0) is 0 Å². The number of carbonyl (C=O) groups excluding carboxylic acids is 1. The van der Waals surface area contributed by atoms with Crippen molar-refractivity contribution in [3.63, 3.8) is 0 Å². The van der Waals surface area contributed by atoms with Crippen molar-refractivity contribution in [1.82, 2.24) is 0 Å². The van der Waals surface area contributed by atoms with E-state index >= 15 is 0 Å². The van der Waals surface area contributed by atoms with E-state index in [1.54, 1.807) is 18.2 Å². The van der Waals surface area contributed by atoms with Gasteiger partial charge in [-0.2, -0.15) is 0 Å². The lowest BCUT2D eigenvalue weighted by atomic mass is 10.0. The molecular formula is C14H11ClFNO. The Morgan fingerprint density at radius 1 is 1.22 bits per heavy atom. The average molecular weight is 264 g/mol. The molecule has 92 valence electrons. The summed E-state index contributed by atoms with van der Waals surface area (Å²) >= 11 is 6.01. The van der Waals surface area contributed by atoms with Gasteiger partial charge in [0.1, 0.15) is 5.82 Å². The number of aryl methyl sites for hydroxylation is 1. The summed E-state index contributed by atoms with van der Waals surface area (Å²) < 4.78 is 13.3. The number of nitrogen functional groups attached to an aromatic ring is 1. The number of nitrogens with two attached hydrogens (primary N) is 1. The molecule has 2 aromatic carbocycles. The van der Waals surface area contributed by atoms with Crippen LogP contribution in [0.15, 0.2) is 36.4 Å². The van der Waals surface area contributed by atoms with Crippen molar-refractivity contribution in [2.24, 2.45) is 0 Å². The number of halogens is 2. The zero-order chi connectivity index (χ0) is 13.3. The highest BCUT2D eigenvalue weighted by molar-refractivity contribution is 6.35. The van der Waals surface area contributed by atoms with Crippen LogP contribution in [0.25, 0.3) is 0 Å². The first kappa shape index (κ1) is 12.6. The van der Waals surface area contributed by atoms with Crippen LogP contribution in [0.3, 0.4) is 0 Å². The van der Waals surface area contributed by atoms with Crippen molar-refractivity contribution >= 4 is 23.1 Å². The molecule has 0 atom stereocenters. The van der Waals surface area contributed by atoms with Crippen LogP contribution in [0.1, 0.15) is 21.5 Å². The number of hydrogen-bond acceptors (Lipinski definition) is 2. The summed E-state index contributed by atoms with van der Waals surface area (Å²) in [4.78, 5) is 12.2. The minimum absolute atomic E-state index is 0.0153. The van der Waals surface area contributed by atoms with Gasteiger partial charge < -0.3 is 5.73 Å². The smallest absolute Gasteiger partial charge is 0.194 e. The highest BCUT2D eigenvalue weighted by atomic mass is 35.5. The van der Waals surface area contributed by atoms with Crippen molar-refractivity contribution in [3.05, 3.63) is 63.9 Å². The van der Waals surface area contributed by atoms with Gasteiger partial charge in [-0.25, -0.2) is 4.39 Å². The predicted molar refractivity (Wildman–Crippen MR) is 70.4 cm³/mol. The molecule has 2 rings (SSSR count). The monoisotopic (exact) mass is 263 g/mol.